The maximum absolute atomic E-state index is 15.6. The van der Waals surface area contributed by atoms with E-state index < -0.39 is 5.67 Å². The minimum atomic E-state index is -1.41. The van der Waals surface area contributed by atoms with Crippen molar-refractivity contribution < 1.29 is 13.9 Å². The van der Waals surface area contributed by atoms with E-state index in [4.69, 9.17) is 26.2 Å². The molecule has 30 heavy (non-hydrogen) atoms. The summed E-state index contributed by atoms with van der Waals surface area (Å²) in [5.74, 6) is 0.728. The maximum atomic E-state index is 15.6. The molecular weight excluding hydrogens is 413 g/mol. The first-order chi connectivity index (χ1) is 14.6. The molecule has 1 saturated carbocycles. The van der Waals surface area contributed by atoms with Crippen LogP contribution >= 0.6 is 11.6 Å². The summed E-state index contributed by atoms with van der Waals surface area (Å²) in [6.07, 6.45) is 4.86. The number of hydrogen-bond acceptors (Lipinski definition) is 7. The SMILES string of the molecule is FC1(c2c3c(nn2C2CCOCC2)OCCCn2nc(Cl)c4cnc(nc42)N3)CC1. The summed E-state index contributed by atoms with van der Waals surface area (Å²) in [6.45, 7) is 2.30. The molecule has 11 heteroatoms. The number of rotatable bonds is 2. The van der Waals surface area contributed by atoms with Crippen LogP contribution in [-0.4, -0.2) is 49.3 Å². The Morgan fingerprint density at radius 2 is 2.03 bits per heavy atom. The van der Waals surface area contributed by atoms with Crippen molar-refractivity contribution in [3.8, 4) is 5.88 Å². The van der Waals surface area contributed by atoms with Crippen LogP contribution in [-0.2, 0) is 17.0 Å². The lowest BCUT2D eigenvalue weighted by Crippen LogP contribution is -2.24. The quantitative estimate of drug-likeness (QED) is 0.661. The van der Waals surface area contributed by atoms with E-state index in [1.807, 2.05) is 4.68 Å². The van der Waals surface area contributed by atoms with Gasteiger partial charge in [-0.15, -0.1) is 5.10 Å². The highest BCUT2D eigenvalue weighted by Gasteiger charge is 2.51. The highest BCUT2D eigenvalue weighted by molar-refractivity contribution is 6.34. The lowest BCUT2D eigenvalue weighted by molar-refractivity contribution is 0.0632. The Hall–Kier alpha value is -2.46. The van der Waals surface area contributed by atoms with Crippen LogP contribution in [0.3, 0.4) is 0 Å². The average Bonchev–Trinajstić information content (AvgIpc) is 3.28. The smallest absolute Gasteiger partial charge is 0.257 e. The van der Waals surface area contributed by atoms with Crippen molar-refractivity contribution in [2.45, 2.75) is 50.4 Å². The van der Waals surface area contributed by atoms with Gasteiger partial charge in [-0.25, -0.2) is 14.1 Å². The molecule has 9 nitrogen and oxygen atoms in total. The third-order valence-electron chi connectivity index (χ3n) is 5.96. The van der Waals surface area contributed by atoms with Gasteiger partial charge in [0.15, 0.2) is 16.5 Å². The van der Waals surface area contributed by atoms with Crippen LogP contribution in [0.25, 0.3) is 11.0 Å². The Balaban J connectivity index is 1.49. The van der Waals surface area contributed by atoms with Gasteiger partial charge in [-0.1, -0.05) is 11.6 Å². The highest BCUT2D eigenvalue weighted by atomic mass is 35.5. The van der Waals surface area contributed by atoms with Crippen molar-refractivity contribution in [1.82, 2.24) is 29.5 Å². The Morgan fingerprint density at radius 1 is 1.20 bits per heavy atom. The van der Waals surface area contributed by atoms with Gasteiger partial charge < -0.3 is 14.8 Å². The molecule has 6 rings (SSSR count). The molecule has 3 aliphatic rings. The molecule has 1 N–H and O–H groups in total. The number of ether oxygens (including phenoxy) is 2. The van der Waals surface area contributed by atoms with Crippen molar-refractivity contribution in [2.24, 2.45) is 0 Å². The molecule has 0 spiro atoms. The number of anilines is 2. The molecule has 3 aromatic heterocycles. The molecule has 158 valence electrons. The Labute approximate surface area is 176 Å². The van der Waals surface area contributed by atoms with Crippen molar-refractivity contribution in [2.75, 3.05) is 25.1 Å². The standard InChI is InChI=1S/C19H21ClFN7O2/c20-15-12-10-22-18-23-13-14(19(21)4-5-19)28(11-2-8-29-9-3-11)26-17(13)30-7-1-6-27(25-15)16(12)24-18/h10-11H,1-9H2,(H,22,23,24). The monoisotopic (exact) mass is 433 g/mol. The molecule has 5 heterocycles. The summed E-state index contributed by atoms with van der Waals surface area (Å²) in [5, 5.41) is 13.3. The molecule has 2 fully saturated rings. The van der Waals surface area contributed by atoms with Crippen molar-refractivity contribution in [1.29, 1.82) is 0 Å². The Morgan fingerprint density at radius 3 is 2.83 bits per heavy atom. The molecule has 2 bridgehead atoms. The highest BCUT2D eigenvalue weighted by Crippen LogP contribution is 2.55. The van der Waals surface area contributed by atoms with Crippen molar-refractivity contribution in [3.63, 3.8) is 0 Å². The number of hydrogen-bond donors (Lipinski definition) is 1. The summed E-state index contributed by atoms with van der Waals surface area (Å²) in [5.41, 5.74) is 0.268. The van der Waals surface area contributed by atoms with Gasteiger partial charge in [0.2, 0.25) is 5.95 Å². The van der Waals surface area contributed by atoms with Crippen LogP contribution in [0, 0.1) is 0 Å². The molecule has 2 aliphatic heterocycles. The predicted molar refractivity (Wildman–Crippen MR) is 107 cm³/mol. The third-order valence-corrected chi connectivity index (χ3v) is 6.24. The predicted octanol–water partition coefficient (Wildman–Crippen LogP) is 3.51. The van der Waals surface area contributed by atoms with Gasteiger partial charge >= 0.3 is 0 Å². The zero-order valence-corrected chi connectivity index (χ0v) is 17.0. The van der Waals surface area contributed by atoms with Crippen molar-refractivity contribution in [3.05, 3.63) is 17.0 Å². The van der Waals surface area contributed by atoms with E-state index in [-0.39, 0.29) is 6.04 Å². The fourth-order valence-electron chi connectivity index (χ4n) is 4.23. The largest absolute Gasteiger partial charge is 0.475 e. The van der Waals surface area contributed by atoms with Gasteiger partial charge in [-0.05, 0) is 25.7 Å². The molecule has 1 aliphatic carbocycles. The maximum Gasteiger partial charge on any atom is 0.257 e. The van der Waals surface area contributed by atoms with Crippen LogP contribution in [0.1, 0.15) is 43.8 Å². The normalized spacial score (nSPS) is 21.0. The molecule has 0 radical (unpaired) electrons. The molecule has 3 aromatic rings. The van der Waals surface area contributed by atoms with Gasteiger partial charge in [0.25, 0.3) is 5.88 Å². The van der Waals surface area contributed by atoms with Gasteiger partial charge in [-0.3, -0.25) is 4.68 Å². The minimum Gasteiger partial charge on any atom is -0.475 e. The zero-order valence-electron chi connectivity index (χ0n) is 16.3. The van der Waals surface area contributed by atoms with E-state index in [2.05, 4.69) is 20.4 Å². The molecule has 0 amide bonds. The number of halogens is 2. The molecular formula is C19H21ClFN7O2. The number of nitrogens with zero attached hydrogens (tertiary/aromatic N) is 6. The number of aryl methyl sites for hydroxylation is 1. The lowest BCUT2D eigenvalue weighted by atomic mass is 10.1. The van der Waals surface area contributed by atoms with E-state index in [1.54, 1.807) is 10.9 Å². The topological polar surface area (TPSA) is 91.9 Å². The molecule has 0 unspecified atom stereocenters. The third kappa shape index (κ3) is 2.92. The average molecular weight is 434 g/mol. The lowest BCUT2D eigenvalue weighted by Gasteiger charge is -2.25. The van der Waals surface area contributed by atoms with Gasteiger partial charge in [0, 0.05) is 32.4 Å². The molecule has 1 saturated heterocycles. The summed E-state index contributed by atoms with van der Waals surface area (Å²) < 4.78 is 30.6. The second-order valence-electron chi connectivity index (χ2n) is 8.05. The first-order valence-corrected chi connectivity index (χ1v) is 10.7. The fraction of sp³-hybridized carbons (Fsp3) is 0.579. The second-order valence-corrected chi connectivity index (χ2v) is 8.41. The van der Waals surface area contributed by atoms with Gasteiger partial charge in [0.1, 0.15) is 11.4 Å². The van der Waals surface area contributed by atoms with Crippen LogP contribution in [0.15, 0.2) is 6.20 Å². The van der Waals surface area contributed by atoms with Gasteiger partial charge in [-0.2, -0.15) is 10.1 Å². The molecule has 0 aromatic carbocycles. The number of aromatic nitrogens is 6. The van der Waals surface area contributed by atoms with Gasteiger partial charge in [0.05, 0.1) is 18.0 Å². The van der Waals surface area contributed by atoms with E-state index in [1.165, 1.54) is 0 Å². The summed E-state index contributed by atoms with van der Waals surface area (Å²) in [6, 6.07) is 0.0800. The minimum absolute atomic E-state index is 0.0800. The van der Waals surface area contributed by atoms with E-state index >= 15 is 4.39 Å². The van der Waals surface area contributed by atoms with E-state index in [9.17, 15) is 0 Å². The number of alkyl halides is 1. The Kier molecular flexibility index (Phi) is 4.14. The van der Waals surface area contributed by atoms with Crippen LogP contribution in [0.5, 0.6) is 5.88 Å². The first-order valence-electron chi connectivity index (χ1n) is 10.3. The Bertz CT molecular complexity index is 1120. The summed E-state index contributed by atoms with van der Waals surface area (Å²) in [4.78, 5) is 8.98. The van der Waals surface area contributed by atoms with Crippen LogP contribution < -0.4 is 10.1 Å². The van der Waals surface area contributed by atoms with Crippen molar-refractivity contribution >= 4 is 34.3 Å². The second kappa shape index (κ2) is 6.78. The summed E-state index contributed by atoms with van der Waals surface area (Å²) >= 11 is 6.23. The van der Waals surface area contributed by atoms with E-state index in [0.29, 0.717) is 85.0 Å². The van der Waals surface area contributed by atoms with Crippen LogP contribution in [0.2, 0.25) is 5.15 Å². The van der Waals surface area contributed by atoms with Crippen LogP contribution in [0.4, 0.5) is 16.0 Å². The fourth-order valence-corrected chi connectivity index (χ4v) is 4.46. The number of fused-ring (bicyclic) bond motifs is 2. The van der Waals surface area contributed by atoms with E-state index in [0.717, 1.165) is 12.8 Å². The summed E-state index contributed by atoms with van der Waals surface area (Å²) in [7, 11) is 0. The zero-order chi connectivity index (χ0) is 20.3. The molecule has 0 atom stereocenters. The number of nitrogens with one attached hydrogen (secondary N) is 1. The first kappa shape index (κ1) is 18.3.